The molecule has 0 unspecified atom stereocenters. The number of benzene rings is 1. The lowest BCUT2D eigenvalue weighted by Crippen LogP contribution is -2.36. The van der Waals surface area contributed by atoms with E-state index in [4.69, 9.17) is 0 Å². The molecule has 0 atom stereocenters. The van der Waals surface area contributed by atoms with Crippen LogP contribution in [0, 0.1) is 0 Å². The lowest BCUT2D eigenvalue weighted by Gasteiger charge is -2.10. The third kappa shape index (κ3) is 5.90. The van der Waals surface area contributed by atoms with Crippen molar-refractivity contribution in [1.82, 2.24) is 16.0 Å². The van der Waals surface area contributed by atoms with Crippen LogP contribution in [-0.4, -0.2) is 25.5 Å². The van der Waals surface area contributed by atoms with Crippen LogP contribution in [0.25, 0.3) is 0 Å². The molecule has 0 bridgehead atoms. The van der Waals surface area contributed by atoms with Crippen LogP contribution in [-0.2, 0) is 19.5 Å². The highest BCUT2D eigenvalue weighted by atomic mass is 32.1. The second kappa shape index (κ2) is 9.84. The molecular weight excluding hydrogens is 332 g/mol. The van der Waals surface area contributed by atoms with Crippen LogP contribution in [0.3, 0.4) is 0 Å². The zero-order valence-corrected chi connectivity index (χ0v) is 15.9. The molecule has 0 aliphatic heterocycles. The van der Waals surface area contributed by atoms with Gasteiger partial charge in [0.05, 0.1) is 13.1 Å². The molecule has 2 rings (SSSR count). The summed E-state index contributed by atoms with van der Waals surface area (Å²) in [6.07, 6.45) is 1.07. The van der Waals surface area contributed by atoms with Crippen molar-refractivity contribution < 1.29 is 4.79 Å². The highest BCUT2D eigenvalue weighted by molar-refractivity contribution is 7.11. The molecule has 0 fully saturated rings. The number of aryl methyl sites for hydroxylation is 1. The van der Waals surface area contributed by atoms with Crippen molar-refractivity contribution in [2.75, 3.05) is 13.6 Å². The Morgan fingerprint density at radius 1 is 1.12 bits per heavy atom. The first-order valence-corrected chi connectivity index (χ1v) is 9.38. The van der Waals surface area contributed by atoms with E-state index in [-0.39, 0.29) is 5.91 Å². The van der Waals surface area contributed by atoms with Gasteiger partial charge in [0.1, 0.15) is 0 Å². The van der Waals surface area contributed by atoms with Crippen LogP contribution in [0.4, 0.5) is 0 Å². The third-order valence-corrected chi connectivity index (χ3v) is 4.91. The topological polar surface area (TPSA) is 65.5 Å². The van der Waals surface area contributed by atoms with Crippen molar-refractivity contribution in [1.29, 1.82) is 0 Å². The van der Waals surface area contributed by atoms with Gasteiger partial charge in [0.2, 0.25) is 0 Å². The predicted octanol–water partition coefficient (Wildman–Crippen LogP) is 2.93. The zero-order chi connectivity index (χ0) is 18.1. The van der Waals surface area contributed by atoms with E-state index >= 15 is 0 Å². The Morgan fingerprint density at radius 3 is 2.60 bits per heavy atom. The molecule has 0 saturated carbocycles. The summed E-state index contributed by atoms with van der Waals surface area (Å²) in [4.78, 5) is 19.0. The van der Waals surface area contributed by atoms with Gasteiger partial charge >= 0.3 is 0 Å². The number of aliphatic imine (C=N–C) groups is 1. The fourth-order valence-corrected chi connectivity index (χ4v) is 3.24. The second-order valence-electron chi connectivity index (χ2n) is 5.55. The van der Waals surface area contributed by atoms with E-state index in [9.17, 15) is 4.79 Å². The quantitative estimate of drug-likeness (QED) is 0.527. The maximum absolute atomic E-state index is 11.7. The number of carbonyl (C=O) groups excluding carboxylic acids is 1. The van der Waals surface area contributed by atoms with E-state index in [0.717, 1.165) is 31.0 Å². The minimum Gasteiger partial charge on any atom is -0.357 e. The molecular formula is C19H26N4OS. The van der Waals surface area contributed by atoms with E-state index in [2.05, 4.69) is 40.0 Å². The molecule has 1 aromatic carbocycles. The van der Waals surface area contributed by atoms with Crippen LogP contribution < -0.4 is 16.0 Å². The number of nitrogens with one attached hydrogen (secondary N) is 3. The average molecular weight is 359 g/mol. The monoisotopic (exact) mass is 358 g/mol. The SMILES string of the molecule is CCNC(=NCc1cccc(C(=O)NC)c1)NCc1ccc(CC)s1. The Hall–Kier alpha value is -2.34. The predicted molar refractivity (Wildman–Crippen MR) is 105 cm³/mol. The smallest absolute Gasteiger partial charge is 0.251 e. The summed E-state index contributed by atoms with van der Waals surface area (Å²) in [7, 11) is 1.63. The van der Waals surface area contributed by atoms with Gasteiger partial charge in [0.15, 0.2) is 5.96 Å². The minimum atomic E-state index is -0.0831. The fraction of sp³-hybridized carbons (Fsp3) is 0.368. The average Bonchev–Trinajstić information content (AvgIpc) is 3.11. The number of hydrogen-bond acceptors (Lipinski definition) is 3. The van der Waals surface area contributed by atoms with Gasteiger partial charge < -0.3 is 16.0 Å². The molecule has 6 heteroatoms. The maximum atomic E-state index is 11.7. The normalized spacial score (nSPS) is 11.2. The van der Waals surface area contributed by atoms with Crippen LogP contribution in [0.15, 0.2) is 41.4 Å². The zero-order valence-electron chi connectivity index (χ0n) is 15.1. The molecule has 1 amide bonds. The molecule has 0 spiro atoms. The Bertz CT molecular complexity index is 724. The highest BCUT2D eigenvalue weighted by Crippen LogP contribution is 2.16. The molecule has 0 saturated heterocycles. The Balaban J connectivity index is 2.00. The fourth-order valence-electron chi connectivity index (χ4n) is 2.35. The van der Waals surface area contributed by atoms with Gasteiger partial charge in [-0.1, -0.05) is 19.1 Å². The van der Waals surface area contributed by atoms with Gasteiger partial charge in [0, 0.05) is 28.9 Å². The summed E-state index contributed by atoms with van der Waals surface area (Å²) >= 11 is 1.83. The number of rotatable bonds is 7. The van der Waals surface area contributed by atoms with Crippen molar-refractivity contribution in [3.63, 3.8) is 0 Å². The summed E-state index contributed by atoms with van der Waals surface area (Å²) in [5, 5.41) is 9.26. The van der Waals surface area contributed by atoms with Crippen LogP contribution in [0.2, 0.25) is 0 Å². The van der Waals surface area contributed by atoms with Gasteiger partial charge in [-0.3, -0.25) is 4.79 Å². The van der Waals surface area contributed by atoms with Crippen LogP contribution in [0.1, 0.15) is 39.5 Å². The third-order valence-electron chi connectivity index (χ3n) is 3.68. The minimum absolute atomic E-state index is 0.0831. The first-order chi connectivity index (χ1) is 12.2. The number of guanidine groups is 1. The largest absolute Gasteiger partial charge is 0.357 e. The molecule has 0 aliphatic carbocycles. The van der Waals surface area contributed by atoms with Crippen LogP contribution in [0.5, 0.6) is 0 Å². The molecule has 5 nitrogen and oxygen atoms in total. The van der Waals surface area contributed by atoms with Crippen molar-refractivity contribution in [2.45, 2.75) is 33.4 Å². The van der Waals surface area contributed by atoms with Gasteiger partial charge in [-0.15, -0.1) is 11.3 Å². The van der Waals surface area contributed by atoms with Gasteiger partial charge in [0.25, 0.3) is 5.91 Å². The summed E-state index contributed by atoms with van der Waals surface area (Å²) in [6, 6.07) is 11.9. The van der Waals surface area contributed by atoms with E-state index in [0.29, 0.717) is 12.1 Å². The van der Waals surface area contributed by atoms with Crippen molar-refractivity contribution >= 4 is 23.2 Å². The molecule has 1 aromatic heterocycles. The van der Waals surface area contributed by atoms with Gasteiger partial charge in [-0.2, -0.15) is 0 Å². The van der Waals surface area contributed by atoms with E-state index < -0.39 is 0 Å². The number of hydrogen-bond donors (Lipinski definition) is 3. The van der Waals surface area contributed by atoms with Crippen molar-refractivity contribution in [2.24, 2.45) is 4.99 Å². The summed E-state index contributed by atoms with van der Waals surface area (Å²) < 4.78 is 0. The first-order valence-electron chi connectivity index (χ1n) is 8.57. The molecule has 1 heterocycles. The molecule has 3 N–H and O–H groups in total. The highest BCUT2D eigenvalue weighted by Gasteiger charge is 2.04. The summed E-state index contributed by atoms with van der Waals surface area (Å²) in [5.74, 6) is 0.694. The molecule has 134 valence electrons. The first kappa shape index (κ1) is 19.0. The molecule has 25 heavy (non-hydrogen) atoms. The van der Waals surface area contributed by atoms with E-state index in [1.165, 1.54) is 9.75 Å². The number of carbonyl (C=O) groups is 1. The standard InChI is InChI=1S/C19H26N4OS/c1-4-16-9-10-17(25-16)13-23-19(21-5-2)22-12-14-7-6-8-15(11-14)18(24)20-3/h6-11H,4-5,12-13H2,1-3H3,(H,20,24)(H2,21,22,23). The Morgan fingerprint density at radius 2 is 1.92 bits per heavy atom. The van der Waals surface area contributed by atoms with Crippen molar-refractivity contribution in [3.8, 4) is 0 Å². The van der Waals surface area contributed by atoms with Crippen LogP contribution >= 0.6 is 11.3 Å². The number of nitrogens with zero attached hydrogens (tertiary/aromatic N) is 1. The summed E-state index contributed by atoms with van der Waals surface area (Å²) in [5.41, 5.74) is 1.65. The molecule has 2 aromatic rings. The molecule has 0 aliphatic rings. The number of amides is 1. The second-order valence-corrected chi connectivity index (χ2v) is 6.80. The molecule has 0 radical (unpaired) electrons. The summed E-state index contributed by atoms with van der Waals surface area (Å²) in [6.45, 7) is 6.29. The van der Waals surface area contributed by atoms with E-state index in [1.54, 1.807) is 13.1 Å². The Labute approximate surface area is 153 Å². The van der Waals surface area contributed by atoms with Crippen molar-refractivity contribution in [3.05, 3.63) is 57.3 Å². The van der Waals surface area contributed by atoms with E-state index in [1.807, 2.05) is 36.5 Å². The lowest BCUT2D eigenvalue weighted by molar-refractivity contribution is 0.0963. The number of thiophene rings is 1. The Kier molecular flexibility index (Phi) is 7.47. The maximum Gasteiger partial charge on any atom is 0.251 e. The lowest BCUT2D eigenvalue weighted by atomic mass is 10.1. The van der Waals surface area contributed by atoms with Gasteiger partial charge in [-0.05, 0) is 43.2 Å². The van der Waals surface area contributed by atoms with Gasteiger partial charge in [-0.25, -0.2) is 4.99 Å².